The predicted molar refractivity (Wildman–Crippen MR) is 110 cm³/mol. The monoisotopic (exact) mass is 387 g/mol. The summed E-state index contributed by atoms with van der Waals surface area (Å²) in [4.78, 5) is 16.8. The lowest BCUT2D eigenvalue weighted by molar-refractivity contribution is 0.290. The van der Waals surface area contributed by atoms with Gasteiger partial charge in [-0.05, 0) is 47.5 Å². The normalized spacial score (nSPS) is 10.9. The average Bonchev–Trinajstić information content (AvgIpc) is 3.07. The first-order chi connectivity index (χ1) is 14.0. The van der Waals surface area contributed by atoms with Crippen LogP contribution in [0.25, 0.3) is 16.8 Å². The van der Waals surface area contributed by atoms with Crippen LogP contribution in [0.1, 0.15) is 16.7 Å². The Morgan fingerprint density at radius 3 is 2.41 bits per heavy atom. The number of tetrazole rings is 1. The molecule has 0 fully saturated rings. The molecule has 0 amide bonds. The number of benzene rings is 2. The van der Waals surface area contributed by atoms with Crippen molar-refractivity contribution in [2.45, 2.75) is 20.5 Å². The van der Waals surface area contributed by atoms with Gasteiger partial charge in [-0.2, -0.15) is 9.36 Å². The van der Waals surface area contributed by atoms with Gasteiger partial charge in [-0.15, -0.1) is 0 Å². The highest BCUT2D eigenvalue weighted by atomic mass is 16.5. The fourth-order valence-electron chi connectivity index (χ4n) is 3.18. The molecule has 4 rings (SSSR count). The van der Waals surface area contributed by atoms with Crippen LogP contribution in [0.3, 0.4) is 0 Å². The van der Waals surface area contributed by atoms with Gasteiger partial charge in [0.25, 0.3) is 0 Å². The number of ether oxygens (including phenoxy) is 1. The third-order valence-electron chi connectivity index (χ3n) is 4.83. The molecule has 7 heteroatoms. The third-order valence-corrected chi connectivity index (χ3v) is 4.83. The topological polar surface area (TPSA) is 74.8 Å². The van der Waals surface area contributed by atoms with Crippen LogP contribution in [-0.2, 0) is 13.7 Å². The molecule has 0 spiro atoms. The summed E-state index contributed by atoms with van der Waals surface area (Å²) in [7, 11) is 1.57. The Hall–Kier alpha value is -3.74. The van der Waals surface area contributed by atoms with Crippen LogP contribution in [0.4, 0.5) is 0 Å². The van der Waals surface area contributed by atoms with E-state index in [4.69, 9.17) is 4.74 Å². The van der Waals surface area contributed by atoms with Crippen molar-refractivity contribution < 1.29 is 4.74 Å². The molecule has 4 aromatic rings. The molecule has 2 aromatic heterocycles. The molecule has 0 N–H and O–H groups in total. The Kier molecular flexibility index (Phi) is 4.95. The van der Waals surface area contributed by atoms with E-state index < -0.39 is 0 Å². The number of hydrogen-bond acceptors (Lipinski definition) is 5. The zero-order valence-corrected chi connectivity index (χ0v) is 16.5. The van der Waals surface area contributed by atoms with E-state index in [0.717, 1.165) is 27.8 Å². The SMILES string of the molecule is Cc1cc(-c2ccccc2)cnc1OCc1c(C)cccc1-n1nnn(C)c1=O. The molecule has 29 heavy (non-hydrogen) atoms. The van der Waals surface area contributed by atoms with Crippen LogP contribution in [0.5, 0.6) is 5.88 Å². The van der Waals surface area contributed by atoms with Crippen molar-refractivity contribution in [1.82, 2.24) is 24.8 Å². The standard InChI is InChI=1S/C22H21N5O2/c1-15-8-7-11-20(27-22(28)26(3)24-25-27)19(15)14-29-21-16(2)12-18(13-23-21)17-9-5-4-6-10-17/h4-13H,14H2,1-3H3. The highest BCUT2D eigenvalue weighted by Crippen LogP contribution is 2.25. The van der Waals surface area contributed by atoms with Crippen molar-refractivity contribution in [2.24, 2.45) is 7.05 Å². The van der Waals surface area contributed by atoms with E-state index in [2.05, 4.69) is 33.6 Å². The molecule has 2 heterocycles. The van der Waals surface area contributed by atoms with Crippen LogP contribution >= 0.6 is 0 Å². The summed E-state index contributed by atoms with van der Waals surface area (Å²) >= 11 is 0. The van der Waals surface area contributed by atoms with Crippen molar-refractivity contribution in [3.63, 3.8) is 0 Å². The van der Waals surface area contributed by atoms with Gasteiger partial charge in [0.05, 0.1) is 5.69 Å². The molecule has 2 aromatic carbocycles. The van der Waals surface area contributed by atoms with Crippen LogP contribution in [0.2, 0.25) is 0 Å². The predicted octanol–water partition coefficient (Wildman–Crippen LogP) is 3.22. The zero-order valence-electron chi connectivity index (χ0n) is 16.5. The Bertz CT molecular complexity index is 1210. The summed E-state index contributed by atoms with van der Waals surface area (Å²) in [6.07, 6.45) is 1.81. The van der Waals surface area contributed by atoms with Gasteiger partial charge in [-0.1, -0.05) is 42.5 Å². The molecule has 0 radical (unpaired) electrons. The van der Waals surface area contributed by atoms with Gasteiger partial charge in [0.15, 0.2) is 0 Å². The molecule has 0 unspecified atom stereocenters. The minimum absolute atomic E-state index is 0.267. The first-order valence-electron chi connectivity index (χ1n) is 9.27. The maximum absolute atomic E-state index is 12.3. The van der Waals surface area contributed by atoms with E-state index >= 15 is 0 Å². The summed E-state index contributed by atoms with van der Waals surface area (Å²) in [5, 5.41) is 7.75. The van der Waals surface area contributed by atoms with Crippen LogP contribution in [0.15, 0.2) is 65.6 Å². The number of hydrogen-bond donors (Lipinski definition) is 0. The Labute approximate surface area is 168 Å². The number of aromatic nitrogens is 5. The molecule has 0 aliphatic heterocycles. The lowest BCUT2D eigenvalue weighted by atomic mass is 10.1. The largest absolute Gasteiger partial charge is 0.473 e. The van der Waals surface area contributed by atoms with Crippen molar-refractivity contribution in [1.29, 1.82) is 0 Å². The van der Waals surface area contributed by atoms with E-state index in [1.54, 1.807) is 7.05 Å². The van der Waals surface area contributed by atoms with Crippen LogP contribution < -0.4 is 10.4 Å². The average molecular weight is 387 g/mol. The zero-order chi connectivity index (χ0) is 20.4. The van der Waals surface area contributed by atoms with Crippen LogP contribution in [0, 0.1) is 13.8 Å². The van der Waals surface area contributed by atoms with E-state index in [1.165, 1.54) is 9.36 Å². The Morgan fingerprint density at radius 2 is 1.72 bits per heavy atom. The Balaban J connectivity index is 1.62. The first-order valence-corrected chi connectivity index (χ1v) is 9.27. The summed E-state index contributed by atoms with van der Waals surface area (Å²) in [6, 6.07) is 17.8. The van der Waals surface area contributed by atoms with Gasteiger partial charge >= 0.3 is 5.69 Å². The second-order valence-electron chi connectivity index (χ2n) is 6.87. The molecule has 0 atom stereocenters. The van der Waals surface area contributed by atoms with Crippen molar-refractivity contribution in [3.8, 4) is 22.7 Å². The van der Waals surface area contributed by atoms with E-state index in [-0.39, 0.29) is 12.3 Å². The molecular formula is C22H21N5O2. The minimum atomic E-state index is -0.307. The quantitative estimate of drug-likeness (QED) is 0.526. The third kappa shape index (κ3) is 3.67. The molecule has 0 aliphatic rings. The smallest absolute Gasteiger partial charge is 0.368 e. The molecule has 7 nitrogen and oxygen atoms in total. The van der Waals surface area contributed by atoms with Gasteiger partial charge in [0.1, 0.15) is 6.61 Å². The van der Waals surface area contributed by atoms with Crippen LogP contribution in [-0.4, -0.2) is 24.8 Å². The van der Waals surface area contributed by atoms with Gasteiger partial charge in [-0.25, -0.2) is 9.78 Å². The molecule has 0 aliphatic carbocycles. The molecule has 0 saturated carbocycles. The fraction of sp³-hybridized carbons (Fsp3) is 0.182. The first kappa shape index (κ1) is 18.6. The number of rotatable bonds is 5. The summed E-state index contributed by atoms with van der Waals surface area (Å²) in [5.74, 6) is 0.561. The summed E-state index contributed by atoms with van der Waals surface area (Å²) in [5.41, 5.74) is 5.30. The second-order valence-corrected chi connectivity index (χ2v) is 6.87. The van der Waals surface area contributed by atoms with E-state index in [9.17, 15) is 4.79 Å². The maximum atomic E-state index is 12.3. The van der Waals surface area contributed by atoms with Crippen molar-refractivity contribution in [2.75, 3.05) is 0 Å². The second kappa shape index (κ2) is 7.71. The fourth-order valence-corrected chi connectivity index (χ4v) is 3.18. The Morgan fingerprint density at radius 1 is 0.931 bits per heavy atom. The molecule has 0 saturated heterocycles. The minimum Gasteiger partial charge on any atom is -0.473 e. The highest BCUT2D eigenvalue weighted by molar-refractivity contribution is 5.63. The number of nitrogens with zero attached hydrogens (tertiary/aromatic N) is 5. The lowest BCUT2D eigenvalue weighted by Crippen LogP contribution is -2.23. The van der Waals surface area contributed by atoms with Crippen molar-refractivity contribution in [3.05, 3.63) is 88.0 Å². The van der Waals surface area contributed by atoms with Gasteiger partial charge in [-0.3, -0.25) is 0 Å². The van der Waals surface area contributed by atoms with Gasteiger partial charge in [0.2, 0.25) is 5.88 Å². The summed E-state index contributed by atoms with van der Waals surface area (Å²) in [6.45, 7) is 4.21. The molecule has 0 bridgehead atoms. The lowest BCUT2D eigenvalue weighted by Gasteiger charge is -2.14. The molecule has 146 valence electrons. The van der Waals surface area contributed by atoms with E-state index in [1.807, 2.05) is 56.4 Å². The number of pyridine rings is 1. The van der Waals surface area contributed by atoms with Gasteiger partial charge in [0, 0.05) is 29.9 Å². The van der Waals surface area contributed by atoms with Gasteiger partial charge < -0.3 is 4.74 Å². The molecular weight excluding hydrogens is 366 g/mol. The van der Waals surface area contributed by atoms with E-state index in [0.29, 0.717) is 11.6 Å². The van der Waals surface area contributed by atoms with Crippen molar-refractivity contribution >= 4 is 0 Å². The highest BCUT2D eigenvalue weighted by Gasteiger charge is 2.14. The maximum Gasteiger partial charge on any atom is 0.368 e. The number of aryl methyl sites for hydroxylation is 3. The summed E-state index contributed by atoms with van der Waals surface area (Å²) < 4.78 is 8.50.